The number of allylic oxidation sites excluding steroid dienone is 2. The van der Waals surface area contributed by atoms with Crippen molar-refractivity contribution in [1.29, 1.82) is 0 Å². The summed E-state index contributed by atoms with van der Waals surface area (Å²) in [6, 6.07) is 4.39. The van der Waals surface area contributed by atoms with E-state index in [1.807, 2.05) is 0 Å². The van der Waals surface area contributed by atoms with Crippen molar-refractivity contribution in [2.45, 2.75) is 142 Å². The molecule has 0 aliphatic heterocycles. The van der Waals surface area contributed by atoms with Crippen LogP contribution in [0.5, 0.6) is 0 Å². The van der Waals surface area contributed by atoms with Gasteiger partial charge in [0.15, 0.2) is 0 Å². The summed E-state index contributed by atoms with van der Waals surface area (Å²) in [5, 5.41) is 0. The first kappa shape index (κ1) is 26.1. The van der Waals surface area contributed by atoms with Crippen LogP contribution in [-0.2, 0) is 0 Å². The first-order valence-corrected chi connectivity index (χ1v) is 13.1. The number of H-pyrrole nitrogens is 1. The van der Waals surface area contributed by atoms with Gasteiger partial charge >= 0.3 is 0 Å². The van der Waals surface area contributed by atoms with Crippen LogP contribution in [0.15, 0.2) is 30.0 Å². The Morgan fingerprint density at radius 3 is 1.66 bits per heavy atom. The molecule has 1 nitrogen and oxygen atoms in total. The summed E-state index contributed by atoms with van der Waals surface area (Å²) in [5.41, 5.74) is 2.93. The molecule has 0 aliphatic carbocycles. The van der Waals surface area contributed by atoms with E-state index in [0.29, 0.717) is 5.92 Å². The predicted octanol–water partition coefficient (Wildman–Crippen LogP) is 10.1. The van der Waals surface area contributed by atoms with Crippen molar-refractivity contribution in [3.05, 3.63) is 35.7 Å². The summed E-state index contributed by atoms with van der Waals surface area (Å²) in [4.78, 5) is 3.44. The first-order valence-electron chi connectivity index (χ1n) is 13.1. The van der Waals surface area contributed by atoms with Gasteiger partial charge < -0.3 is 4.98 Å². The number of hydrogen-bond acceptors (Lipinski definition) is 0. The fraction of sp³-hybridized carbons (Fsp3) is 0.786. The Bertz CT molecular complexity index is 471. The van der Waals surface area contributed by atoms with E-state index in [0.717, 1.165) is 6.42 Å². The summed E-state index contributed by atoms with van der Waals surface area (Å²) in [6.07, 6.45) is 30.0. The topological polar surface area (TPSA) is 15.8 Å². The van der Waals surface area contributed by atoms with E-state index >= 15 is 0 Å². The number of unbranched alkanes of at least 4 members (excludes halogenated alkanes) is 15. The number of hydrogen-bond donors (Lipinski definition) is 1. The average Bonchev–Trinajstić information content (AvgIpc) is 3.25. The smallest absolute Gasteiger partial charge is 0.0219 e. The maximum Gasteiger partial charge on any atom is 0.0219 e. The van der Waals surface area contributed by atoms with Crippen LogP contribution in [0.3, 0.4) is 0 Å². The molecule has 1 heteroatoms. The van der Waals surface area contributed by atoms with E-state index in [1.165, 1.54) is 120 Å². The highest BCUT2D eigenvalue weighted by Gasteiger charge is 2.13. The Kier molecular flexibility index (Phi) is 17.1. The molecule has 1 unspecified atom stereocenters. The molecule has 0 amide bonds. The number of aromatic amines is 1. The number of aromatic nitrogens is 1. The maximum atomic E-state index is 3.44. The average molecular weight is 402 g/mol. The standard InChI is InChI=1S/C28H51N/c1-4-6-7-8-9-10-11-12-13-14-15-16-17-18-19-20-23-27(26(3)22-5-2)28-24-21-25-29-28/h21-22,24-25,27,29H,4-20,23H2,1-3H3. The summed E-state index contributed by atoms with van der Waals surface area (Å²) < 4.78 is 0. The third-order valence-electron chi connectivity index (χ3n) is 6.42. The van der Waals surface area contributed by atoms with E-state index in [4.69, 9.17) is 0 Å². The van der Waals surface area contributed by atoms with Crippen molar-refractivity contribution in [3.8, 4) is 0 Å². The van der Waals surface area contributed by atoms with E-state index in [-0.39, 0.29) is 0 Å². The minimum absolute atomic E-state index is 0.594. The van der Waals surface area contributed by atoms with E-state index < -0.39 is 0 Å². The summed E-state index contributed by atoms with van der Waals surface area (Å²) in [5.74, 6) is 0.594. The highest BCUT2D eigenvalue weighted by Crippen LogP contribution is 2.29. The Balaban J connectivity index is 1.93. The Morgan fingerprint density at radius 2 is 1.24 bits per heavy atom. The Hall–Kier alpha value is -0.980. The number of nitrogens with one attached hydrogen (secondary N) is 1. The van der Waals surface area contributed by atoms with E-state index in [1.54, 1.807) is 0 Å². The van der Waals surface area contributed by atoms with Crippen molar-refractivity contribution in [1.82, 2.24) is 4.98 Å². The summed E-state index contributed by atoms with van der Waals surface area (Å²) >= 11 is 0. The minimum Gasteiger partial charge on any atom is -0.364 e. The van der Waals surface area contributed by atoms with Crippen LogP contribution in [0.4, 0.5) is 0 Å². The molecule has 0 spiro atoms. The van der Waals surface area contributed by atoms with Gasteiger partial charge in [-0.3, -0.25) is 0 Å². The minimum atomic E-state index is 0.594. The molecule has 0 aliphatic rings. The molecule has 1 N–H and O–H groups in total. The summed E-state index contributed by atoms with van der Waals surface area (Å²) in [7, 11) is 0. The van der Waals surface area contributed by atoms with Crippen molar-refractivity contribution in [2.75, 3.05) is 0 Å². The molecule has 1 heterocycles. The predicted molar refractivity (Wildman–Crippen MR) is 132 cm³/mol. The van der Waals surface area contributed by atoms with E-state index in [2.05, 4.69) is 50.2 Å². The normalized spacial score (nSPS) is 13.1. The highest BCUT2D eigenvalue weighted by atomic mass is 14.7. The van der Waals surface area contributed by atoms with Crippen LogP contribution in [0.1, 0.15) is 148 Å². The lowest BCUT2D eigenvalue weighted by Crippen LogP contribution is -2.01. The molecule has 0 bridgehead atoms. The van der Waals surface area contributed by atoms with Crippen molar-refractivity contribution < 1.29 is 0 Å². The van der Waals surface area contributed by atoms with Gasteiger partial charge in [0.25, 0.3) is 0 Å². The zero-order valence-electron chi connectivity index (χ0n) is 20.1. The van der Waals surface area contributed by atoms with Crippen LogP contribution in [0, 0.1) is 0 Å². The van der Waals surface area contributed by atoms with Gasteiger partial charge in [-0.25, -0.2) is 0 Å². The SMILES string of the molecule is CCC=C(C)C(CCCCCCCCCCCCCCCCCC)c1ccc[nH]1. The second-order valence-electron chi connectivity index (χ2n) is 9.13. The third kappa shape index (κ3) is 13.8. The molecule has 0 fully saturated rings. The Labute approximate surface area is 183 Å². The summed E-state index contributed by atoms with van der Waals surface area (Å²) in [6.45, 7) is 6.85. The second kappa shape index (κ2) is 19.0. The van der Waals surface area contributed by atoms with Gasteiger partial charge in [-0.15, -0.1) is 0 Å². The highest BCUT2D eigenvalue weighted by molar-refractivity contribution is 5.22. The lowest BCUT2D eigenvalue weighted by molar-refractivity contribution is 0.522. The van der Waals surface area contributed by atoms with Gasteiger partial charge in [0.1, 0.15) is 0 Å². The quantitative estimate of drug-likeness (QED) is 0.165. The molecule has 1 atom stereocenters. The molecule has 1 rings (SSSR count). The van der Waals surface area contributed by atoms with Gasteiger partial charge in [0.2, 0.25) is 0 Å². The van der Waals surface area contributed by atoms with Crippen LogP contribution in [0.25, 0.3) is 0 Å². The van der Waals surface area contributed by atoms with Gasteiger partial charge in [-0.1, -0.05) is 128 Å². The molecular formula is C28H51N. The van der Waals surface area contributed by atoms with Crippen LogP contribution >= 0.6 is 0 Å². The fourth-order valence-electron chi connectivity index (χ4n) is 4.55. The molecule has 0 saturated heterocycles. The van der Waals surface area contributed by atoms with Gasteiger partial charge in [-0.05, 0) is 31.9 Å². The van der Waals surface area contributed by atoms with Crippen molar-refractivity contribution >= 4 is 0 Å². The maximum absolute atomic E-state index is 3.44. The van der Waals surface area contributed by atoms with E-state index in [9.17, 15) is 0 Å². The van der Waals surface area contributed by atoms with Crippen LogP contribution < -0.4 is 0 Å². The third-order valence-corrected chi connectivity index (χ3v) is 6.42. The fourth-order valence-corrected chi connectivity index (χ4v) is 4.55. The molecule has 29 heavy (non-hydrogen) atoms. The van der Waals surface area contributed by atoms with Crippen molar-refractivity contribution in [2.24, 2.45) is 0 Å². The largest absolute Gasteiger partial charge is 0.364 e. The van der Waals surface area contributed by atoms with Gasteiger partial charge in [0, 0.05) is 17.8 Å². The zero-order chi connectivity index (χ0) is 21.0. The monoisotopic (exact) mass is 401 g/mol. The molecule has 0 aromatic carbocycles. The lowest BCUT2D eigenvalue weighted by Gasteiger charge is -2.17. The second-order valence-corrected chi connectivity index (χ2v) is 9.13. The molecule has 0 radical (unpaired) electrons. The first-order chi connectivity index (χ1) is 14.3. The van der Waals surface area contributed by atoms with Gasteiger partial charge in [-0.2, -0.15) is 0 Å². The van der Waals surface area contributed by atoms with Crippen molar-refractivity contribution in [3.63, 3.8) is 0 Å². The Morgan fingerprint density at radius 1 is 0.759 bits per heavy atom. The lowest BCUT2D eigenvalue weighted by atomic mass is 9.90. The molecular weight excluding hydrogens is 350 g/mol. The molecule has 168 valence electrons. The van der Waals surface area contributed by atoms with Crippen LogP contribution in [0.2, 0.25) is 0 Å². The number of rotatable bonds is 20. The van der Waals surface area contributed by atoms with Crippen LogP contribution in [-0.4, -0.2) is 4.98 Å². The molecule has 0 saturated carbocycles. The molecule has 1 aromatic rings. The molecule has 1 aromatic heterocycles. The van der Waals surface area contributed by atoms with Gasteiger partial charge in [0.05, 0.1) is 0 Å². The zero-order valence-corrected chi connectivity index (χ0v) is 20.1.